The fraction of sp³-hybridized carbons (Fsp3) is 0.727. The van der Waals surface area contributed by atoms with Crippen LogP contribution in [-0.4, -0.2) is 6.36 Å². The van der Waals surface area contributed by atoms with Gasteiger partial charge in [-0.1, -0.05) is 51.4 Å². The summed E-state index contributed by atoms with van der Waals surface area (Å²) in [5.74, 6) is -2.36. The van der Waals surface area contributed by atoms with E-state index in [0.29, 0.717) is 11.5 Å². The first-order chi connectivity index (χ1) is 13.3. The van der Waals surface area contributed by atoms with Crippen molar-refractivity contribution in [2.45, 2.75) is 89.3 Å². The summed E-state index contributed by atoms with van der Waals surface area (Å²) >= 11 is 0. The highest BCUT2D eigenvalue weighted by Gasteiger charge is 2.34. The van der Waals surface area contributed by atoms with Crippen molar-refractivity contribution in [3.05, 3.63) is 29.3 Å². The van der Waals surface area contributed by atoms with Crippen LogP contribution in [-0.2, 0) is 0 Å². The van der Waals surface area contributed by atoms with Crippen molar-refractivity contribution in [3.63, 3.8) is 0 Å². The molecule has 3 rings (SSSR count). The molecule has 1 nitrogen and oxygen atoms in total. The van der Waals surface area contributed by atoms with Crippen LogP contribution in [0, 0.1) is 23.5 Å². The van der Waals surface area contributed by atoms with Crippen LogP contribution >= 0.6 is 0 Å². The molecule has 0 aromatic heterocycles. The van der Waals surface area contributed by atoms with Crippen LogP contribution in [0.2, 0.25) is 0 Å². The third-order valence-electron chi connectivity index (χ3n) is 6.51. The molecule has 0 atom stereocenters. The lowest BCUT2D eigenvalue weighted by atomic mass is 9.77. The number of alkyl halides is 3. The predicted octanol–water partition coefficient (Wildman–Crippen LogP) is 7.89. The van der Waals surface area contributed by atoms with Gasteiger partial charge in [0.05, 0.1) is 0 Å². The van der Waals surface area contributed by atoms with Crippen molar-refractivity contribution in [1.82, 2.24) is 0 Å². The molecule has 0 radical (unpaired) electrons. The van der Waals surface area contributed by atoms with Gasteiger partial charge in [-0.25, -0.2) is 8.78 Å². The van der Waals surface area contributed by atoms with E-state index in [0.717, 1.165) is 43.7 Å². The maximum Gasteiger partial charge on any atom is 0.573 e. The van der Waals surface area contributed by atoms with Gasteiger partial charge in [-0.15, -0.1) is 13.2 Å². The molecule has 0 aliphatic heterocycles. The van der Waals surface area contributed by atoms with Gasteiger partial charge in [0.2, 0.25) is 5.75 Å². The first-order valence-corrected chi connectivity index (χ1v) is 10.6. The monoisotopic (exact) mass is 404 g/mol. The molecule has 28 heavy (non-hydrogen) atoms. The molecule has 2 aliphatic carbocycles. The van der Waals surface area contributed by atoms with E-state index >= 15 is 0 Å². The standard InChI is InChI=1S/C22H29F5O/c23-19-13-18(14-20(24)21(19)28-22(25,26)27)17-11-9-16(10-12-17)8-4-3-7-15-5-1-2-6-15/h13-17H,1-12H2/t16-,17-. The zero-order chi connectivity index (χ0) is 20.1. The van der Waals surface area contributed by atoms with Gasteiger partial charge in [0.15, 0.2) is 11.6 Å². The second-order valence-corrected chi connectivity index (χ2v) is 8.51. The SMILES string of the molecule is Fc1cc([C@H]2CC[C@H](CCCCC3CCCC3)CC2)cc(F)c1OC(F)(F)F. The Morgan fingerprint density at radius 2 is 1.29 bits per heavy atom. The molecule has 2 saturated carbocycles. The molecule has 0 amide bonds. The summed E-state index contributed by atoms with van der Waals surface area (Å²) in [6.07, 6.45) is 9.22. The number of ether oxygens (including phenoxy) is 1. The minimum Gasteiger partial charge on any atom is -0.399 e. The first-order valence-electron chi connectivity index (χ1n) is 10.6. The highest BCUT2D eigenvalue weighted by molar-refractivity contribution is 5.33. The highest BCUT2D eigenvalue weighted by atomic mass is 19.4. The average molecular weight is 404 g/mol. The summed E-state index contributed by atoms with van der Waals surface area (Å²) < 4.78 is 68.1. The van der Waals surface area contributed by atoms with Crippen LogP contribution < -0.4 is 4.74 Å². The molecule has 0 bridgehead atoms. The zero-order valence-corrected chi connectivity index (χ0v) is 16.2. The summed E-state index contributed by atoms with van der Waals surface area (Å²) in [5.41, 5.74) is 0.434. The second kappa shape index (κ2) is 9.45. The Labute approximate surface area is 163 Å². The highest BCUT2D eigenvalue weighted by Crippen LogP contribution is 2.40. The minimum atomic E-state index is -5.11. The van der Waals surface area contributed by atoms with Crippen molar-refractivity contribution < 1.29 is 26.7 Å². The molecule has 0 heterocycles. The van der Waals surface area contributed by atoms with Crippen LogP contribution in [0.3, 0.4) is 0 Å². The third-order valence-corrected chi connectivity index (χ3v) is 6.51. The topological polar surface area (TPSA) is 9.23 Å². The van der Waals surface area contributed by atoms with Crippen LogP contribution in [0.15, 0.2) is 12.1 Å². The molecule has 0 spiro atoms. The van der Waals surface area contributed by atoms with Gasteiger partial charge >= 0.3 is 6.36 Å². The molecule has 0 saturated heterocycles. The van der Waals surface area contributed by atoms with Crippen molar-refractivity contribution in [3.8, 4) is 5.75 Å². The molecular formula is C22H29F5O. The lowest BCUT2D eigenvalue weighted by Crippen LogP contribution is -2.19. The smallest absolute Gasteiger partial charge is 0.399 e. The molecule has 158 valence electrons. The van der Waals surface area contributed by atoms with Gasteiger partial charge in [-0.05, 0) is 61.1 Å². The Morgan fingerprint density at radius 3 is 1.79 bits per heavy atom. The molecule has 2 aliphatic rings. The normalized spacial score (nSPS) is 23.9. The van der Waals surface area contributed by atoms with Gasteiger partial charge in [-0.3, -0.25) is 0 Å². The maximum absolute atomic E-state index is 13.9. The van der Waals surface area contributed by atoms with Gasteiger partial charge < -0.3 is 4.74 Å². The van der Waals surface area contributed by atoms with Gasteiger partial charge in [0.1, 0.15) is 0 Å². The fourth-order valence-corrected chi connectivity index (χ4v) is 4.98. The molecule has 6 heteroatoms. The number of halogens is 5. The Balaban J connectivity index is 1.45. The molecule has 0 N–H and O–H groups in total. The van der Waals surface area contributed by atoms with Crippen molar-refractivity contribution in [2.75, 3.05) is 0 Å². The van der Waals surface area contributed by atoms with Gasteiger partial charge in [0, 0.05) is 0 Å². The van der Waals surface area contributed by atoms with Crippen molar-refractivity contribution in [1.29, 1.82) is 0 Å². The minimum absolute atomic E-state index is 0.00123. The quantitative estimate of drug-likeness (QED) is 0.332. The Morgan fingerprint density at radius 1 is 0.786 bits per heavy atom. The van der Waals surface area contributed by atoms with E-state index < -0.39 is 23.7 Å². The maximum atomic E-state index is 13.9. The van der Waals surface area contributed by atoms with Gasteiger partial charge in [-0.2, -0.15) is 0 Å². The summed E-state index contributed by atoms with van der Waals surface area (Å²) in [4.78, 5) is 0. The van der Waals surface area contributed by atoms with Gasteiger partial charge in [0.25, 0.3) is 0 Å². The Bertz CT molecular complexity index is 605. The molecule has 2 fully saturated rings. The lowest BCUT2D eigenvalue weighted by Gasteiger charge is -2.29. The van der Waals surface area contributed by atoms with Crippen LogP contribution in [0.4, 0.5) is 22.0 Å². The van der Waals surface area contributed by atoms with Crippen molar-refractivity contribution >= 4 is 0 Å². The van der Waals surface area contributed by atoms with Crippen molar-refractivity contribution in [2.24, 2.45) is 11.8 Å². The van der Waals surface area contributed by atoms with E-state index in [9.17, 15) is 22.0 Å². The lowest BCUT2D eigenvalue weighted by molar-refractivity contribution is -0.276. The molecule has 0 unspecified atom stereocenters. The van der Waals surface area contributed by atoms with Crippen LogP contribution in [0.5, 0.6) is 5.75 Å². The van der Waals surface area contributed by atoms with E-state index in [1.54, 1.807) is 0 Å². The Hall–Kier alpha value is -1.33. The number of hydrogen-bond acceptors (Lipinski definition) is 1. The zero-order valence-electron chi connectivity index (χ0n) is 16.2. The summed E-state index contributed by atoms with van der Waals surface area (Å²) in [6, 6.07) is 1.99. The first kappa shape index (κ1) is 21.4. The van der Waals surface area contributed by atoms with E-state index in [1.165, 1.54) is 51.4 Å². The number of hydrogen-bond donors (Lipinski definition) is 0. The van der Waals surface area contributed by atoms with E-state index in [1.807, 2.05) is 0 Å². The molecule has 1 aromatic rings. The number of benzene rings is 1. The van der Waals surface area contributed by atoms with E-state index in [2.05, 4.69) is 4.74 Å². The summed E-state index contributed by atoms with van der Waals surface area (Å²) in [6.45, 7) is 0. The summed E-state index contributed by atoms with van der Waals surface area (Å²) in [7, 11) is 0. The number of unbranched alkanes of at least 4 members (excludes halogenated alkanes) is 1. The average Bonchev–Trinajstić information content (AvgIpc) is 3.15. The van der Waals surface area contributed by atoms with Crippen LogP contribution in [0.25, 0.3) is 0 Å². The largest absolute Gasteiger partial charge is 0.573 e. The fourth-order valence-electron chi connectivity index (χ4n) is 4.98. The predicted molar refractivity (Wildman–Crippen MR) is 98.2 cm³/mol. The Kier molecular flexibility index (Phi) is 7.21. The van der Waals surface area contributed by atoms with E-state index in [-0.39, 0.29) is 5.92 Å². The molecular weight excluding hydrogens is 375 g/mol. The number of rotatable bonds is 7. The molecule has 1 aromatic carbocycles. The summed E-state index contributed by atoms with van der Waals surface area (Å²) in [5, 5.41) is 0. The van der Waals surface area contributed by atoms with E-state index in [4.69, 9.17) is 0 Å². The third kappa shape index (κ3) is 6.08. The second-order valence-electron chi connectivity index (χ2n) is 8.51. The van der Waals surface area contributed by atoms with Crippen LogP contribution in [0.1, 0.15) is 88.5 Å².